The van der Waals surface area contributed by atoms with Gasteiger partial charge in [-0.2, -0.15) is 0 Å². The third-order valence-corrected chi connectivity index (χ3v) is 2.07. The molecule has 0 fully saturated rings. The molecule has 2 nitrogen and oxygen atoms in total. The molecule has 0 aromatic heterocycles. The quantitative estimate of drug-likeness (QED) is 0.568. The van der Waals surface area contributed by atoms with Crippen molar-refractivity contribution in [3.8, 4) is 0 Å². The molecule has 2 heteroatoms. The third kappa shape index (κ3) is 1.05. The van der Waals surface area contributed by atoms with Gasteiger partial charge in [0.2, 0.25) is 0 Å². The lowest BCUT2D eigenvalue weighted by molar-refractivity contribution is 0.419. The lowest BCUT2D eigenvalue weighted by atomic mass is 9.94. The van der Waals surface area contributed by atoms with Crippen molar-refractivity contribution in [1.82, 2.24) is 0 Å². The monoisotopic (exact) mass is 160 g/mol. The average molecular weight is 160 g/mol. The summed E-state index contributed by atoms with van der Waals surface area (Å²) in [5.74, 6) is 0.327. The van der Waals surface area contributed by atoms with Crippen molar-refractivity contribution in [2.24, 2.45) is 0 Å². The van der Waals surface area contributed by atoms with Gasteiger partial charge in [-0.3, -0.25) is 0 Å². The van der Waals surface area contributed by atoms with Crippen molar-refractivity contribution in [2.45, 2.75) is 6.42 Å². The molecular formula is C10H10NO. The molecular weight excluding hydrogens is 150 g/mol. The fraction of sp³-hybridized carbons (Fsp3) is 0.100. The van der Waals surface area contributed by atoms with Crippen molar-refractivity contribution in [1.29, 1.82) is 0 Å². The number of hydrogen-bond donors (Lipinski definition) is 2. The SMILES string of the molecule is Nc1cccc2c1CC=C(O)[CH]2. The Morgan fingerprint density at radius 2 is 2.17 bits per heavy atom. The Kier molecular flexibility index (Phi) is 1.54. The summed E-state index contributed by atoms with van der Waals surface area (Å²) in [6, 6.07) is 5.72. The molecule has 61 valence electrons. The maximum Gasteiger partial charge on any atom is 0.0971 e. The first-order valence-corrected chi connectivity index (χ1v) is 3.88. The van der Waals surface area contributed by atoms with Gasteiger partial charge in [0.1, 0.15) is 0 Å². The third-order valence-electron chi connectivity index (χ3n) is 2.07. The zero-order valence-electron chi connectivity index (χ0n) is 6.62. The molecule has 0 aliphatic heterocycles. The van der Waals surface area contributed by atoms with E-state index in [1.165, 1.54) is 0 Å². The lowest BCUT2D eigenvalue weighted by Gasteiger charge is -2.14. The van der Waals surface area contributed by atoms with Crippen LogP contribution in [0, 0.1) is 6.42 Å². The van der Waals surface area contributed by atoms with Crippen molar-refractivity contribution in [3.05, 3.63) is 47.6 Å². The van der Waals surface area contributed by atoms with E-state index in [0.717, 1.165) is 23.2 Å². The number of aliphatic hydroxyl groups excluding tert-OH is 1. The van der Waals surface area contributed by atoms with Crippen LogP contribution in [-0.4, -0.2) is 5.11 Å². The standard InChI is InChI=1S/C10H10NO/c11-10-3-1-2-7-6-8(12)4-5-9(7)10/h1-4,6,12H,5,11H2. The molecule has 1 radical (unpaired) electrons. The minimum Gasteiger partial charge on any atom is -0.512 e. The topological polar surface area (TPSA) is 46.2 Å². The van der Waals surface area contributed by atoms with Crippen LogP contribution >= 0.6 is 0 Å². The lowest BCUT2D eigenvalue weighted by Crippen LogP contribution is -2.04. The molecule has 0 heterocycles. The first-order valence-electron chi connectivity index (χ1n) is 3.88. The molecule has 0 atom stereocenters. The highest BCUT2D eigenvalue weighted by Gasteiger charge is 2.11. The maximum absolute atomic E-state index is 9.21. The number of nitrogen functional groups attached to an aromatic ring is 1. The summed E-state index contributed by atoms with van der Waals surface area (Å²) < 4.78 is 0. The largest absolute Gasteiger partial charge is 0.512 e. The van der Waals surface area contributed by atoms with E-state index in [0.29, 0.717) is 5.76 Å². The van der Waals surface area contributed by atoms with E-state index in [-0.39, 0.29) is 0 Å². The van der Waals surface area contributed by atoms with E-state index in [1.54, 1.807) is 12.5 Å². The number of anilines is 1. The molecule has 0 amide bonds. The first kappa shape index (κ1) is 7.22. The summed E-state index contributed by atoms with van der Waals surface area (Å²) in [6.45, 7) is 0. The van der Waals surface area contributed by atoms with Gasteiger partial charge in [-0.05, 0) is 29.7 Å². The fourth-order valence-electron chi connectivity index (χ4n) is 1.42. The minimum atomic E-state index is 0.327. The summed E-state index contributed by atoms with van der Waals surface area (Å²) in [7, 11) is 0. The highest BCUT2D eigenvalue weighted by atomic mass is 16.3. The smallest absolute Gasteiger partial charge is 0.0971 e. The Hall–Kier alpha value is -1.44. The number of rotatable bonds is 0. The summed E-state index contributed by atoms with van der Waals surface area (Å²) in [5.41, 5.74) is 8.68. The van der Waals surface area contributed by atoms with Crippen molar-refractivity contribution < 1.29 is 5.11 Å². The molecule has 1 aromatic carbocycles. The van der Waals surface area contributed by atoms with Gasteiger partial charge in [0.05, 0.1) is 12.2 Å². The van der Waals surface area contributed by atoms with Crippen molar-refractivity contribution in [3.63, 3.8) is 0 Å². The van der Waals surface area contributed by atoms with Crippen LogP contribution in [0.4, 0.5) is 5.69 Å². The van der Waals surface area contributed by atoms with Crippen LogP contribution in [0.1, 0.15) is 11.1 Å². The maximum atomic E-state index is 9.21. The van der Waals surface area contributed by atoms with Crippen LogP contribution in [-0.2, 0) is 6.42 Å². The van der Waals surface area contributed by atoms with E-state index < -0.39 is 0 Å². The van der Waals surface area contributed by atoms with E-state index in [2.05, 4.69) is 0 Å². The molecule has 0 spiro atoms. The highest BCUT2D eigenvalue weighted by Crippen LogP contribution is 2.25. The number of hydrogen-bond acceptors (Lipinski definition) is 2. The fourth-order valence-corrected chi connectivity index (χ4v) is 1.42. The molecule has 1 aliphatic carbocycles. The molecule has 0 saturated carbocycles. The van der Waals surface area contributed by atoms with Crippen LogP contribution in [0.3, 0.4) is 0 Å². The van der Waals surface area contributed by atoms with Gasteiger partial charge in [0.15, 0.2) is 0 Å². The number of nitrogens with two attached hydrogens (primary N) is 1. The summed E-state index contributed by atoms with van der Waals surface area (Å²) in [4.78, 5) is 0. The summed E-state index contributed by atoms with van der Waals surface area (Å²) >= 11 is 0. The van der Waals surface area contributed by atoms with Gasteiger partial charge in [0.25, 0.3) is 0 Å². The second-order valence-electron chi connectivity index (χ2n) is 2.89. The second kappa shape index (κ2) is 2.55. The first-order chi connectivity index (χ1) is 5.77. The number of allylic oxidation sites excluding steroid dienone is 2. The van der Waals surface area contributed by atoms with E-state index in [4.69, 9.17) is 5.73 Å². The Morgan fingerprint density at radius 3 is 3.00 bits per heavy atom. The van der Waals surface area contributed by atoms with Crippen LogP contribution in [0.15, 0.2) is 30.0 Å². The predicted molar refractivity (Wildman–Crippen MR) is 48.7 cm³/mol. The van der Waals surface area contributed by atoms with Crippen LogP contribution in [0.2, 0.25) is 0 Å². The van der Waals surface area contributed by atoms with Crippen LogP contribution in [0.25, 0.3) is 0 Å². The van der Waals surface area contributed by atoms with E-state index >= 15 is 0 Å². The van der Waals surface area contributed by atoms with E-state index in [1.807, 2.05) is 18.2 Å². The molecule has 2 rings (SSSR count). The highest BCUT2D eigenvalue weighted by molar-refractivity contribution is 5.57. The average Bonchev–Trinajstić information content (AvgIpc) is 2.04. The zero-order valence-corrected chi connectivity index (χ0v) is 6.62. The number of aliphatic hydroxyl groups is 1. The van der Waals surface area contributed by atoms with Crippen LogP contribution < -0.4 is 5.73 Å². The van der Waals surface area contributed by atoms with Crippen LogP contribution in [0.5, 0.6) is 0 Å². The molecule has 12 heavy (non-hydrogen) atoms. The Labute approximate surface area is 71.3 Å². The Balaban J connectivity index is 2.49. The van der Waals surface area contributed by atoms with Crippen molar-refractivity contribution in [2.75, 3.05) is 5.73 Å². The zero-order chi connectivity index (χ0) is 8.55. The van der Waals surface area contributed by atoms with Crippen molar-refractivity contribution >= 4 is 5.69 Å². The summed E-state index contributed by atoms with van der Waals surface area (Å²) in [5, 5.41) is 9.21. The Bertz CT molecular complexity index is 342. The molecule has 1 aromatic rings. The van der Waals surface area contributed by atoms with E-state index in [9.17, 15) is 5.11 Å². The predicted octanol–water partition coefficient (Wildman–Crippen LogP) is 1.82. The molecule has 0 saturated heterocycles. The summed E-state index contributed by atoms with van der Waals surface area (Å²) in [6.07, 6.45) is 4.22. The normalized spacial score (nSPS) is 15.2. The molecule has 0 unspecified atom stereocenters. The van der Waals surface area contributed by atoms with Gasteiger partial charge in [-0.15, -0.1) is 0 Å². The minimum absolute atomic E-state index is 0.327. The molecule has 1 aliphatic rings. The van der Waals surface area contributed by atoms with Gasteiger partial charge < -0.3 is 10.8 Å². The molecule has 0 bridgehead atoms. The molecule has 3 N–H and O–H groups in total. The Morgan fingerprint density at radius 1 is 1.33 bits per heavy atom. The number of benzene rings is 1. The van der Waals surface area contributed by atoms with Gasteiger partial charge >= 0.3 is 0 Å². The van der Waals surface area contributed by atoms with Gasteiger partial charge in [-0.1, -0.05) is 12.1 Å². The second-order valence-corrected chi connectivity index (χ2v) is 2.89. The van der Waals surface area contributed by atoms with Gasteiger partial charge in [0, 0.05) is 5.69 Å². The van der Waals surface area contributed by atoms with Gasteiger partial charge in [-0.25, -0.2) is 0 Å². The number of fused-ring (bicyclic) bond motifs is 1.